The van der Waals surface area contributed by atoms with Gasteiger partial charge in [-0.3, -0.25) is 4.79 Å². The molecule has 1 heterocycles. The van der Waals surface area contributed by atoms with Gasteiger partial charge in [-0.1, -0.05) is 18.4 Å². The fourth-order valence-electron chi connectivity index (χ4n) is 2.01. The van der Waals surface area contributed by atoms with E-state index in [0.717, 1.165) is 18.6 Å². The average Bonchev–Trinajstić information content (AvgIpc) is 2.16. The predicted octanol–water partition coefficient (Wildman–Crippen LogP) is 2.64. The largest absolute Gasteiger partial charge is 0.272 e. The molecule has 0 spiro atoms. The van der Waals surface area contributed by atoms with Crippen LogP contribution >= 0.6 is 0 Å². The number of hydrogen-bond donors (Lipinski definition) is 0. The van der Waals surface area contributed by atoms with Crippen molar-refractivity contribution in [2.45, 2.75) is 44.9 Å². The quantitative estimate of drug-likeness (QED) is 0.559. The molecule has 0 aromatic heterocycles. The lowest BCUT2D eigenvalue weighted by atomic mass is 10.0. The highest BCUT2D eigenvalue weighted by atomic mass is 16.1. The molecule has 13 heavy (non-hydrogen) atoms. The molecule has 2 bridgehead atoms. The van der Waals surface area contributed by atoms with Gasteiger partial charge in [0.25, 0.3) is 0 Å². The lowest BCUT2D eigenvalue weighted by Crippen LogP contribution is -2.08. The van der Waals surface area contributed by atoms with Gasteiger partial charge < -0.3 is 0 Å². The zero-order valence-corrected chi connectivity index (χ0v) is 7.88. The highest BCUT2D eigenvalue weighted by Crippen LogP contribution is 2.21. The third kappa shape index (κ3) is 2.27. The first-order chi connectivity index (χ1) is 6.34. The van der Waals surface area contributed by atoms with E-state index in [9.17, 15) is 4.79 Å². The zero-order valence-electron chi connectivity index (χ0n) is 7.88. The molecule has 0 aromatic carbocycles. The van der Waals surface area contributed by atoms with E-state index in [1.807, 2.05) is 0 Å². The fraction of sp³-hybridized carbons (Fsp3) is 0.636. The maximum absolute atomic E-state index is 11.2. The summed E-state index contributed by atoms with van der Waals surface area (Å²) < 4.78 is 0. The minimum absolute atomic E-state index is 0.0643. The molecule has 2 aliphatic rings. The molecule has 0 radical (unpaired) electrons. The minimum Gasteiger partial charge on any atom is -0.272 e. The smallest absolute Gasteiger partial charge is 0.249 e. The van der Waals surface area contributed by atoms with Crippen LogP contribution in [0, 0.1) is 0 Å². The summed E-state index contributed by atoms with van der Waals surface area (Å²) in [6.07, 6.45) is 9.84. The summed E-state index contributed by atoms with van der Waals surface area (Å²) in [4.78, 5) is 15.3. The molecule has 0 atom stereocenters. The average molecular weight is 177 g/mol. The van der Waals surface area contributed by atoms with Crippen molar-refractivity contribution in [2.24, 2.45) is 4.99 Å². The molecule has 1 amide bonds. The number of dihydropyridines is 1. The van der Waals surface area contributed by atoms with Crippen molar-refractivity contribution in [3.63, 3.8) is 0 Å². The molecule has 2 heteroatoms. The van der Waals surface area contributed by atoms with Crippen molar-refractivity contribution in [3.05, 3.63) is 11.6 Å². The van der Waals surface area contributed by atoms with Gasteiger partial charge >= 0.3 is 0 Å². The summed E-state index contributed by atoms with van der Waals surface area (Å²) in [7, 11) is 0. The Bertz CT molecular complexity index is 276. The molecule has 1 aliphatic carbocycles. The molecule has 1 aliphatic heterocycles. The van der Waals surface area contributed by atoms with Gasteiger partial charge in [-0.2, -0.15) is 0 Å². The van der Waals surface area contributed by atoms with Crippen LogP contribution in [-0.4, -0.2) is 11.6 Å². The first-order valence-electron chi connectivity index (χ1n) is 5.14. The summed E-state index contributed by atoms with van der Waals surface area (Å²) in [5.74, 6) is 0.0643. The maximum Gasteiger partial charge on any atom is 0.249 e. The molecule has 70 valence electrons. The number of hydrogen-bond acceptors (Lipinski definition) is 1. The lowest BCUT2D eigenvalue weighted by molar-refractivity contribution is -0.117. The van der Waals surface area contributed by atoms with Crippen molar-refractivity contribution in [3.8, 4) is 0 Å². The Balaban J connectivity index is 2.16. The highest BCUT2D eigenvalue weighted by Gasteiger charge is 2.14. The molecule has 0 fully saturated rings. The van der Waals surface area contributed by atoms with E-state index >= 15 is 0 Å². The number of nitrogens with zero attached hydrogens (tertiary/aromatic N) is 1. The van der Waals surface area contributed by atoms with Gasteiger partial charge in [-0.25, -0.2) is 4.99 Å². The first kappa shape index (κ1) is 8.67. The Labute approximate surface area is 78.7 Å². The summed E-state index contributed by atoms with van der Waals surface area (Å²) in [6.45, 7) is 0. The standard InChI is InChI=1S/C11H15NO/c13-11-8-9-5-3-1-2-4-6-10(7-9)12-11/h7H,1-6,8H2. The molecule has 0 saturated heterocycles. The number of carbonyl (C=O) groups excluding carboxylic acids is 1. The van der Waals surface area contributed by atoms with E-state index in [4.69, 9.17) is 0 Å². The number of aliphatic imine (C=N–C) groups is 1. The van der Waals surface area contributed by atoms with Crippen molar-refractivity contribution in [1.29, 1.82) is 0 Å². The third-order valence-electron chi connectivity index (χ3n) is 2.70. The number of carbonyl (C=O) groups is 1. The first-order valence-corrected chi connectivity index (χ1v) is 5.14. The van der Waals surface area contributed by atoms with Crippen LogP contribution in [0.2, 0.25) is 0 Å². The highest BCUT2D eigenvalue weighted by molar-refractivity contribution is 6.06. The molecular formula is C11H15NO. The summed E-state index contributed by atoms with van der Waals surface area (Å²) in [5.41, 5.74) is 2.32. The number of allylic oxidation sites excluding steroid dienone is 1. The molecule has 0 unspecified atom stereocenters. The van der Waals surface area contributed by atoms with Gasteiger partial charge in [-0.05, 0) is 31.8 Å². The minimum atomic E-state index is 0.0643. The normalized spacial score (nSPS) is 23.8. The van der Waals surface area contributed by atoms with E-state index in [1.165, 1.54) is 31.3 Å². The van der Waals surface area contributed by atoms with Crippen LogP contribution in [0.1, 0.15) is 44.9 Å². The van der Waals surface area contributed by atoms with Crippen LogP contribution in [0.25, 0.3) is 0 Å². The molecular weight excluding hydrogens is 162 g/mol. The number of amides is 1. The van der Waals surface area contributed by atoms with E-state index in [1.54, 1.807) is 0 Å². The Morgan fingerprint density at radius 2 is 1.85 bits per heavy atom. The van der Waals surface area contributed by atoms with Crippen LogP contribution in [0.15, 0.2) is 16.6 Å². The summed E-state index contributed by atoms with van der Waals surface area (Å²) in [5, 5.41) is 0. The molecule has 2 rings (SSSR count). The van der Waals surface area contributed by atoms with Gasteiger partial charge in [0.2, 0.25) is 5.91 Å². The predicted molar refractivity (Wildman–Crippen MR) is 52.8 cm³/mol. The van der Waals surface area contributed by atoms with Crippen LogP contribution in [0.4, 0.5) is 0 Å². The second-order valence-corrected chi connectivity index (χ2v) is 3.89. The fourth-order valence-corrected chi connectivity index (χ4v) is 2.01. The molecule has 0 saturated carbocycles. The molecule has 0 aromatic rings. The Morgan fingerprint density at radius 3 is 2.69 bits per heavy atom. The van der Waals surface area contributed by atoms with Gasteiger partial charge in [0, 0.05) is 5.71 Å². The van der Waals surface area contributed by atoms with Crippen LogP contribution in [0.3, 0.4) is 0 Å². The van der Waals surface area contributed by atoms with E-state index in [0.29, 0.717) is 6.42 Å². The van der Waals surface area contributed by atoms with Crippen molar-refractivity contribution in [1.82, 2.24) is 0 Å². The van der Waals surface area contributed by atoms with Crippen molar-refractivity contribution >= 4 is 11.6 Å². The van der Waals surface area contributed by atoms with Gasteiger partial charge in [0.1, 0.15) is 0 Å². The Hall–Kier alpha value is -0.920. The Kier molecular flexibility index (Phi) is 2.57. The van der Waals surface area contributed by atoms with Crippen LogP contribution in [0.5, 0.6) is 0 Å². The van der Waals surface area contributed by atoms with Crippen molar-refractivity contribution in [2.75, 3.05) is 0 Å². The topological polar surface area (TPSA) is 29.4 Å². The number of rotatable bonds is 0. The van der Waals surface area contributed by atoms with Gasteiger partial charge in [0.15, 0.2) is 0 Å². The van der Waals surface area contributed by atoms with Gasteiger partial charge in [0.05, 0.1) is 6.42 Å². The Morgan fingerprint density at radius 1 is 1.08 bits per heavy atom. The zero-order chi connectivity index (χ0) is 9.10. The summed E-state index contributed by atoms with van der Waals surface area (Å²) in [6, 6.07) is 0. The summed E-state index contributed by atoms with van der Waals surface area (Å²) >= 11 is 0. The number of fused-ring (bicyclic) bond motifs is 1. The monoisotopic (exact) mass is 177 g/mol. The molecule has 2 nitrogen and oxygen atoms in total. The van der Waals surface area contributed by atoms with Crippen molar-refractivity contribution < 1.29 is 4.79 Å². The van der Waals surface area contributed by atoms with Crippen LogP contribution in [-0.2, 0) is 4.79 Å². The maximum atomic E-state index is 11.2. The van der Waals surface area contributed by atoms with E-state index in [-0.39, 0.29) is 5.91 Å². The lowest BCUT2D eigenvalue weighted by Gasteiger charge is -2.09. The SMILES string of the molecule is O=C1CC2=CC(=N1)CCCCCC2. The molecule has 0 N–H and O–H groups in total. The van der Waals surface area contributed by atoms with Gasteiger partial charge in [-0.15, -0.1) is 0 Å². The van der Waals surface area contributed by atoms with E-state index < -0.39 is 0 Å². The third-order valence-corrected chi connectivity index (χ3v) is 2.70. The second kappa shape index (κ2) is 3.86. The second-order valence-electron chi connectivity index (χ2n) is 3.89. The van der Waals surface area contributed by atoms with Crippen LogP contribution < -0.4 is 0 Å². The van der Waals surface area contributed by atoms with E-state index in [2.05, 4.69) is 11.1 Å².